The van der Waals surface area contributed by atoms with Crippen molar-refractivity contribution in [3.63, 3.8) is 0 Å². The maximum Gasteiger partial charge on any atom is 0.251 e. The van der Waals surface area contributed by atoms with Gasteiger partial charge in [-0.05, 0) is 54.7 Å². The number of hydrogen-bond donors (Lipinski definition) is 1. The van der Waals surface area contributed by atoms with Crippen LogP contribution in [0.15, 0.2) is 48.5 Å². The van der Waals surface area contributed by atoms with Gasteiger partial charge in [-0.2, -0.15) is 0 Å². The van der Waals surface area contributed by atoms with Crippen molar-refractivity contribution in [2.45, 2.75) is 38.1 Å². The van der Waals surface area contributed by atoms with E-state index in [1.165, 1.54) is 16.0 Å². The van der Waals surface area contributed by atoms with E-state index in [4.69, 9.17) is 0 Å². The lowest BCUT2D eigenvalue weighted by atomic mass is 9.87. The molecule has 0 bridgehead atoms. The first-order valence-corrected chi connectivity index (χ1v) is 8.98. The Kier molecular flexibility index (Phi) is 4.29. The SMILES string of the molecule is O=C(NC1CCCc2ccccc21)c1ccc(N2C(=O)CCC2=O)cc1. The molecular weight excluding hydrogens is 328 g/mol. The van der Waals surface area contributed by atoms with Crippen LogP contribution in [-0.4, -0.2) is 17.7 Å². The van der Waals surface area contributed by atoms with Crippen molar-refractivity contribution < 1.29 is 14.4 Å². The van der Waals surface area contributed by atoms with Crippen molar-refractivity contribution in [2.75, 3.05) is 4.90 Å². The summed E-state index contributed by atoms with van der Waals surface area (Å²) in [6.07, 6.45) is 3.54. The van der Waals surface area contributed by atoms with Gasteiger partial charge < -0.3 is 5.32 Å². The number of nitrogens with zero attached hydrogens (tertiary/aromatic N) is 1. The Morgan fingerprint density at radius 3 is 2.35 bits per heavy atom. The van der Waals surface area contributed by atoms with Gasteiger partial charge in [0.15, 0.2) is 0 Å². The molecule has 1 unspecified atom stereocenters. The Labute approximate surface area is 152 Å². The molecule has 26 heavy (non-hydrogen) atoms. The highest BCUT2D eigenvalue weighted by Gasteiger charge is 2.30. The van der Waals surface area contributed by atoms with Gasteiger partial charge in [-0.15, -0.1) is 0 Å². The van der Waals surface area contributed by atoms with E-state index in [1.807, 2.05) is 12.1 Å². The Morgan fingerprint density at radius 2 is 1.62 bits per heavy atom. The topological polar surface area (TPSA) is 66.5 Å². The van der Waals surface area contributed by atoms with E-state index < -0.39 is 0 Å². The first-order chi connectivity index (χ1) is 12.6. The van der Waals surface area contributed by atoms with E-state index in [0.29, 0.717) is 11.3 Å². The molecule has 0 saturated carbocycles. The second-order valence-electron chi connectivity index (χ2n) is 6.79. The molecule has 1 aliphatic carbocycles. The van der Waals surface area contributed by atoms with Crippen LogP contribution >= 0.6 is 0 Å². The Morgan fingerprint density at radius 1 is 0.923 bits per heavy atom. The van der Waals surface area contributed by atoms with E-state index in [0.717, 1.165) is 19.3 Å². The number of fused-ring (bicyclic) bond motifs is 1. The number of carbonyl (C=O) groups is 3. The zero-order valence-corrected chi connectivity index (χ0v) is 14.4. The molecule has 1 atom stereocenters. The largest absolute Gasteiger partial charge is 0.345 e. The molecule has 3 amide bonds. The van der Waals surface area contributed by atoms with Crippen LogP contribution in [0.4, 0.5) is 5.69 Å². The van der Waals surface area contributed by atoms with Gasteiger partial charge >= 0.3 is 0 Å². The van der Waals surface area contributed by atoms with Gasteiger partial charge in [0.05, 0.1) is 11.7 Å². The molecular formula is C21H20N2O3. The van der Waals surface area contributed by atoms with Crippen LogP contribution in [-0.2, 0) is 16.0 Å². The Bertz CT molecular complexity index is 857. The van der Waals surface area contributed by atoms with Crippen molar-refractivity contribution >= 4 is 23.4 Å². The third-order valence-corrected chi connectivity index (χ3v) is 5.11. The molecule has 2 aromatic rings. The smallest absolute Gasteiger partial charge is 0.251 e. The van der Waals surface area contributed by atoms with Crippen LogP contribution in [0.5, 0.6) is 0 Å². The van der Waals surface area contributed by atoms with E-state index >= 15 is 0 Å². The fraction of sp³-hybridized carbons (Fsp3) is 0.286. The van der Waals surface area contributed by atoms with E-state index in [-0.39, 0.29) is 36.6 Å². The summed E-state index contributed by atoms with van der Waals surface area (Å²) >= 11 is 0. The summed E-state index contributed by atoms with van der Waals surface area (Å²) in [5.74, 6) is -0.519. The van der Waals surface area contributed by atoms with Gasteiger partial charge in [-0.3, -0.25) is 19.3 Å². The number of imide groups is 1. The number of amides is 3. The van der Waals surface area contributed by atoms with E-state index in [1.54, 1.807) is 24.3 Å². The molecule has 0 aromatic heterocycles. The van der Waals surface area contributed by atoms with Crippen molar-refractivity contribution in [3.8, 4) is 0 Å². The van der Waals surface area contributed by atoms with Gasteiger partial charge in [0.25, 0.3) is 5.91 Å². The second-order valence-corrected chi connectivity index (χ2v) is 6.79. The number of nitrogens with one attached hydrogen (secondary N) is 1. The first-order valence-electron chi connectivity index (χ1n) is 8.98. The predicted octanol–water partition coefficient (Wildman–Crippen LogP) is 3.15. The maximum atomic E-state index is 12.6. The van der Waals surface area contributed by atoms with Crippen molar-refractivity contribution in [1.82, 2.24) is 5.32 Å². The van der Waals surface area contributed by atoms with Crippen LogP contribution in [0, 0.1) is 0 Å². The minimum absolute atomic E-state index is 0.0221. The zero-order valence-electron chi connectivity index (χ0n) is 14.4. The van der Waals surface area contributed by atoms with Crippen LogP contribution in [0.25, 0.3) is 0 Å². The number of benzene rings is 2. The highest BCUT2D eigenvalue weighted by atomic mass is 16.2. The normalized spacial score (nSPS) is 19.4. The summed E-state index contributed by atoms with van der Waals surface area (Å²) in [4.78, 5) is 37.4. The molecule has 1 heterocycles. The molecule has 1 aliphatic heterocycles. The summed E-state index contributed by atoms with van der Waals surface area (Å²) in [5.41, 5.74) is 3.54. The molecule has 0 radical (unpaired) electrons. The second kappa shape index (κ2) is 6.75. The standard InChI is InChI=1S/C21H20N2O3/c24-19-12-13-20(25)23(19)16-10-8-15(9-11-16)21(26)22-18-7-3-5-14-4-1-2-6-17(14)18/h1-2,4,6,8-11,18H,3,5,7,12-13H2,(H,22,26). The number of hydrogen-bond acceptors (Lipinski definition) is 3. The molecule has 1 saturated heterocycles. The summed E-state index contributed by atoms with van der Waals surface area (Å²) in [5, 5.41) is 3.11. The predicted molar refractivity (Wildman–Crippen MR) is 97.8 cm³/mol. The Balaban J connectivity index is 1.49. The van der Waals surface area contributed by atoms with Crippen LogP contribution < -0.4 is 10.2 Å². The van der Waals surface area contributed by atoms with Gasteiger partial charge in [0.2, 0.25) is 11.8 Å². The number of anilines is 1. The minimum atomic E-state index is -0.189. The average molecular weight is 348 g/mol. The highest BCUT2D eigenvalue weighted by molar-refractivity contribution is 6.19. The van der Waals surface area contributed by atoms with Gasteiger partial charge in [-0.25, -0.2) is 0 Å². The number of aryl methyl sites for hydroxylation is 1. The zero-order chi connectivity index (χ0) is 18.1. The van der Waals surface area contributed by atoms with Crippen molar-refractivity contribution in [1.29, 1.82) is 0 Å². The highest BCUT2D eigenvalue weighted by Crippen LogP contribution is 2.30. The lowest BCUT2D eigenvalue weighted by molar-refractivity contribution is -0.121. The third kappa shape index (κ3) is 3.01. The molecule has 1 N–H and O–H groups in total. The van der Waals surface area contributed by atoms with Gasteiger partial charge in [0.1, 0.15) is 0 Å². The van der Waals surface area contributed by atoms with Gasteiger partial charge in [-0.1, -0.05) is 24.3 Å². The molecule has 5 heteroatoms. The average Bonchev–Trinajstić information content (AvgIpc) is 3.00. The molecule has 2 aliphatic rings. The van der Waals surface area contributed by atoms with Crippen molar-refractivity contribution in [2.24, 2.45) is 0 Å². The lowest BCUT2D eigenvalue weighted by Gasteiger charge is -2.26. The number of rotatable bonds is 3. The quantitative estimate of drug-likeness (QED) is 0.867. The van der Waals surface area contributed by atoms with Crippen LogP contribution in [0.1, 0.15) is 53.2 Å². The Hall–Kier alpha value is -2.95. The summed E-state index contributed by atoms with van der Waals surface area (Å²) in [7, 11) is 0. The molecule has 0 spiro atoms. The molecule has 4 rings (SSSR count). The molecule has 5 nitrogen and oxygen atoms in total. The van der Waals surface area contributed by atoms with Crippen molar-refractivity contribution in [3.05, 3.63) is 65.2 Å². The number of carbonyl (C=O) groups excluding carboxylic acids is 3. The minimum Gasteiger partial charge on any atom is -0.345 e. The molecule has 2 aromatic carbocycles. The summed E-state index contributed by atoms with van der Waals surface area (Å²) in [6.45, 7) is 0. The monoisotopic (exact) mass is 348 g/mol. The fourth-order valence-corrected chi connectivity index (χ4v) is 3.77. The van der Waals surface area contributed by atoms with E-state index in [9.17, 15) is 14.4 Å². The molecule has 1 fully saturated rings. The fourth-order valence-electron chi connectivity index (χ4n) is 3.77. The summed E-state index contributed by atoms with van der Waals surface area (Å²) in [6, 6.07) is 14.9. The van der Waals surface area contributed by atoms with Crippen LogP contribution in [0.3, 0.4) is 0 Å². The third-order valence-electron chi connectivity index (χ3n) is 5.11. The first kappa shape index (κ1) is 16.5. The lowest BCUT2D eigenvalue weighted by Crippen LogP contribution is -2.31. The molecule has 132 valence electrons. The maximum absolute atomic E-state index is 12.6. The van der Waals surface area contributed by atoms with Gasteiger partial charge in [0, 0.05) is 18.4 Å². The van der Waals surface area contributed by atoms with Crippen LogP contribution in [0.2, 0.25) is 0 Å². The summed E-state index contributed by atoms with van der Waals surface area (Å²) < 4.78 is 0. The van der Waals surface area contributed by atoms with E-state index in [2.05, 4.69) is 17.4 Å².